The second kappa shape index (κ2) is 4.56. The fourth-order valence-electron chi connectivity index (χ4n) is 2.38. The maximum Gasteiger partial charge on any atom is 0.171 e. The van der Waals surface area contributed by atoms with Crippen LogP contribution in [-0.4, -0.2) is 31.3 Å². The molecule has 2 rings (SSSR count). The summed E-state index contributed by atoms with van der Waals surface area (Å²) in [5.41, 5.74) is -1.12. The summed E-state index contributed by atoms with van der Waals surface area (Å²) in [4.78, 5) is 16.2. The lowest BCUT2D eigenvalue weighted by atomic mass is 9.94. The summed E-state index contributed by atoms with van der Waals surface area (Å²) < 4.78 is 1.73. The summed E-state index contributed by atoms with van der Waals surface area (Å²) in [5, 5.41) is 14.3. The molecule has 17 heavy (non-hydrogen) atoms. The van der Waals surface area contributed by atoms with Crippen LogP contribution in [0, 0.1) is 0 Å². The molecular formula is C12H19N3O2. The largest absolute Gasteiger partial charge is 0.382 e. The monoisotopic (exact) mass is 237 g/mol. The van der Waals surface area contributed by atoms with E-state index in [1.54, 1.807) is 4.68 Å². The van der Waals surface area contributed by atoms with E-state index in [9.17, 15) is 9.90 Å². The van der Waals surface area contributed by atoms with Crippen molar-refractivity contribution in [1.82, 2.24) is 14.8 Å². The Bertz CT molecular complexity index is 406. The summed E-state index contributed by atoms with van der Waals surface area (Å²) >= 11 is 0. The molecule has 0 amide bonds. The number of hydrogen-bond donors (Lipinski definition) is 1. The zero-order valence-electron chi connectivity index (χ0n) is 10.4. The van der Waals surface area contributed by atoms with Gasteiger partial charge in [-0.05, 0) is 39.5 Å². The number of aliphatic hydroxyl groups is 1. The predicted molar refractivity (Wildman–Crippen MR) is 62.5 cm³/mol. The lowest BCUT2D eigenvalue weighted by molar-refractivity contribution is -0.136. The molecule has 94 valence electrons. The molecular weight excluding hydrogens is 218 g/mol. The van der Waals surface area contributed by atoms with Crippen molar-refractivity contribution in [3.63, 3.8) is 0 Å². The van der Waals surface area contributed by atoms with Crippen LogP contribution in [0.5, 0.6) is 0 Å². The molecule has 1 saturated carbocycles. The first-order valence-corrected chi connectivity index (χ1v) is 6.17. The number of hydrogen-bond acceptors (Lipinski definition) is 4. The van der Waals surface area contributed by atoms with Gasteiger partial charge in [0.2, 0.25) is 0 Å². The van der Waals surface area contributed by atoms with Crippen molar-refractivity contribution in [3.8, 4) is 0 Å². The molecule has 1 aromatic rings. The highest BCUT2D eigenvalue weighted by Gasteiger charge is 2.38. The smallest absolute Gasteiger partial charge is 0.171 e. The molecule has 1 aliphatic carbocycles. The number of carbonyl (C=O) groups excluding carboxylic acids is 1. The van der Waals surface area contributed by atoms with Crippen LogP contribution in [0.4, 0.5) is 0 Å². The standard InChI is InChI=1S/C12H19N3O2/c1-9(2)15-11(13-8-14-15)7-10(16)12(17)5-3-4-6-12/h8-9,17H,3-7H2,1-2H3. The average molecular weight is 237 g/mol. The van der Waals surface area contributed by atoms with Gasteiger partial charge < -0.3 is 5.11 Å². The first-order chi connectivity index (χ1) is 8.03. The second-order valence-corrected chi connectivity index (χ2v) is 5.05. The van der Waals surface area contributed by atoms with Crippen LogP contribution < -0.4 is 0 Å². The lowest BCUT2D eigenvalue weighted by Crippen LogP contribution is -2.37. The molecule has 1 N–H and O–H groups in total. The molecule has 0 saturated heterocycles. The minimum absolute atomic E-state index is 0.120. The Labute approximate surface area is 101 Å². The molecule has 5 nitrogen and oxygen atoms in total. The Morgan fingerprint density at radius 1 is 1.53 bits per heavy atom. The fourth-order valence-corrected chi connectivity index (χ4v) is 2.38. The third kappa shape index (κ3) is 2.39. The molecule has 0 atom stereocenters. The zero-order valence-corrected chi connectivity index (χ0v) is 10.4. The average Bonchev–Trinajstić information content (AvgIpc) is 2.87. The Kier molecular flexibility index (Phi) is 3.28. The highest BCUT2D eigenvalue weighted by Crippen LogP contribution is 2.31. The van der Waals surface area contributed by atoms with Crippen LogP contribution in [-0.2, 0) is 11.2 Å². The van der Waals surface area contributed by atoms with Gasteiger partial charge in [-0.2, -0.15) is 5.10 Å². The van der Waals surface area contributed by atoms with Crippen molar-refractivity contribution in [2.24, 2.45) is 0 Å². The van der Waals surface area contributed by atoms with Gasteiger partial charge in [0.05, 0.1) is 6.42 Å². The van der Waals surface area contributed by atoms with Crippen LogP contribution in [0.3, 0.4) is 0 Å². The Morgan fingerprint density at radius 2 is 2.18 bits per heavy atom. The number of nitrogens with zero attached hydrogens (tertiary/aromatic N) is 3. The van der Waals surface area contributed by atoms with Crippen molar-refractivity contribution >= 4 is 5.78 Å². The Morgan fingerprint density at radius 3 is 2.76 bits per heavy atom. The van der Waals surface area contributed by atoms with E-state index in [1.807, 2.05) is 13.8 Å². The van der Waals surface area contributed by atoms with Gasteiger partial charge in [0.25, 0.3) is 0 Å². The van der Waals surface area contributed by atoms with Gasteiger partial charge in [-0.25, -0.2) is 9.67 Å². The number of carbonyl (C=O) groups is 1. The van der Waals surface area contributed by atoms with Crippen LogP contribution >= 0.6 is 0 Å². The van der Waals surface area contributed by atoms with E-state index in [-0.39, 0.29) is 18.2 Å². The van der Waals surface area contributed by atoms with E-state index in [0.717, 1.165) is 12.8 Å². The molecule has 5 heteroatoms. The minimum atomic E-state index is -1.12. The van der Waals surface area contributed by atoms with Gasteiger partial charge in [-0.3, -0.25) is 4.79 Å². The van der Waals surface area contributed by atoms with Crippen LogP contribution in [0.25, 0.3) is 0 Å². The van der Waals surface area contributed by atoms with Crippen molar-refractivity contribution in [3.05, 3.63) is 12.2 Å². The normalized spacial score (nSPS) is 18.8. The number of rotatable bonds is 4. The summed E-state index contributed by atoms with van der Waals surface area (Å²) in [6, 6.07) is 0.179. The van der Waals surface area contributed by atoms with Gasteiger partial charge >= 0.3 is 0 Å². The van der Waals surface area contributed by atoms with E-state index in [0.29, 0.717) is 18.7 Å². The summed E-state index contributed by atoms with van der Waals surface area (Å²) in [6.45, 7) is 3.99. The first-order valence-electron chi connectivity index (χ1n) is 6.17. The number of ketones is 1. The van der Waals surface area contributed by atoms with E-state index in [2.05, 4.69) is 10.1 Å². The molecule has 0 radical (unpaired) electrons. The third-order valence-corrected chi connectivity index (χ3v) is 3.40. The molecule has 1 heterocycles. The van der Waals surface area contributed by atoms with Gasteiger partial charge in [-0.15, -0.1) is 0 Å². The summed E-state index contributed by atoms with van der Waals surface area (Å²) in [7, 11) is 0. The molecule has 0 aliphatic heterocycles. The van der Waals surface area contributed by atoms with Gasteiger partial charge in [-0.1, -0.05) is 0 Å². The quantitative estimate of drug-likeness (QED) is 0.856. The summed E-state index contributed by atoms with van der Waals surface area (Å²) in [6.07, 6.45) is 4.66. The van der Waals surface area contributed by atoms with Crippen molar-refractivity contribution in [2.45, 2.75) is 57.6 Å². The molecule has 1 aromatic heterocycles. The second-order valence-electron chi connectivity index (χ2n) is 5.05. The SMILES string of the molecule is CC(C)n1ncnc1CC(=O)C1(O)CCCC1. The van der Waals surface area contributed by atoms with Crippen molar-refractivity contribution < 1.29 is 9.90 Å². The highest BCUT2D eigenvalue weighted by molar-refractivity contribution is 5.88. The van der Waals surface area contributed by atoms with Crippen LogP contribution in [0.15, 0.2) is 6.33 Å². The molecule has 1 aliphatic rings. The fraction of sp³-hybridized carbons (Fsp3) is 0.750. The van der Waals surface area contributed by atoms with Gasteiger partial charge in [0.1, 0.15) is 17.8 Å². The summed E-state index contributed by atoms with van der Waals surface area (Å²) in [5.74, 6) is 0.523. The van der Waals surface area contributed by atoms with Crippen molar-refractivity contribution in [1.29, 1.82) is 0 Å². The Hall–Kier alpha value is -1.23. The number of aromatic nitrogens is 3. The van der Waals surface area contributed by atoms with Gasteiger partial charge in [0.15, 0.2) is 5.78 Å². The van der Waals surface area contributed by atoms with Crippen molar-refractivity contribution in [2.75, 3.05) is 0 Å². The van der Waals surface area contributed by atoms with Crippen LogP contribution in [0.1, 0.15) is 51.4 Å². The molecule has 1 fully saturated rings. The maximum absolute atomic E-state index is 12.1. The van der Waals surface area contributed by atoms with Crippen LogP contribution in [0.2, 0.25) is 0 Å². The molecule has 0 bridgehead atoms. The zero-order chi connectivity index (χ0) is 12.5. The topological polar surface area (TPSA) is 68.0 Å². The molecule has 0 aromatic carbocycles. The molecule has 0 spiro atoms. The minimum Gasteiger partial charge on any atom is -0.382 e. The lowest BCUT2D eigenvalue weighted by Gasteiger charge is -2.20. The highest BCUT2D eigenvalue weighted by atomic mass is 16.3. The van der Waals surface area contributed by atoms with E-state index in [1.165, 1.54) is 6.33 Å². The predicted octanol–water partition coefficient (Wildman–Crippen LogP) is 1.28. The third-order valence-electron chi connectivity index (χ3n) is 3.40. The van der Waals surface area contributed by atoms with E-state index >= 15 is 0 Å². The van der Waals surface area contributed by atoms with E-state index in [4.69, 9.17) is 0 Å². The number of Topliss-reactive ketones (excluding diaryl/α,β-unsaturated/α-hetero) is 1. The van der Waals surface area contributed by atoms with Gasteiger partial charge in [0, 0.05) is 6.04 Å². The molecule has 0 unspecified atom stereocenters. The Balaban J connectivity index is 2.10. The first kappa shape index (κ1) is 12.2. The maximum atomic E-state index is 12.1. The van der Waals surface area contributed by atoms with E-state index < -0.39 is 5.60 Å².